The van der Waals surface area contributed by atoms with E-state index in [2.05, 4.69) is 26.0 Å². The Morgan fingerprint density at radius 1 is 1.43 bits per heavy atom. The van der Waals surface area contributed by atoms with Crippen LogP contribution in [0.25, 0.3) is 0 Å². The van der Waals surface area contributed by atoms with Crippen LogP contribution < -0.4 is 5.32 Å². The summed E-state index contributed by atoms with van der Waals surface area (Å²) in [5.74, 6) is -2.41. The van der Waals surface area contributed by atoms with E-state index < -0.39 is 23.9 Å². The molecule has 114 valence electrons. The maximum Gasteiger partial charge on any atom is 0.326 e. The number of methoxy groups -OCH3 is 1. The second kappa shape index (κ2) is 7.99. The summed E-state index contributed by atoms with van der Waals surface area (Å²) < 4.78 is 4.96. The fraction of sp³-hybridized carbons (Fsp3) is 0.308. The van der Waals surface area contributed by atoms with Crippen LogP contribution in [0.4, 0.5) is 0 Å². The first-order valence-corrected chi connectivity index (χ1v) is 7.08. The first kappa shape index (κ1) is 17.5. The summed E-state index contributed by atoms with van der Waals surface area (Å²) in [6.45, 7) is 0. The first-order valence-electron chi connectivity index (χ1n) is 5.91. The van der Waals surface area contributed by atoms with Crippen LogP contribution in [0.15, 0.2) is 22.7 Å². The normalized spacial score (nSPS) is 11.6. The lowest BCUT2D eigenvalue weighted by Crippen LogP contribution is -2.41. The van der Waals surface area contributed by atoms with Crippen LogP contribution in [0.2, 0.25) is 5.02 Å². The van der Waals surface area contributed by atoms with Crippen molar-refractivity contribution >= 4 is 45.4 Å². The van der Waals surface area contributed by atoms with Crippen molar-refractivity contribution in [2.45, 2.75) is 18.9 Å². The molecule has 8 heteroatoms. The van der Waals surface area contributed by atoms with Gasteiger partial charge in [0, 0.05) is 10.9 Å². The minimum absolute atomic E-state index is 0.0701. The molecule has 1 atom stereocenters. The van der Waals surface area contributed by atoms with Crippen molar-refractivity contribution in [1.82, 2.24) is 5.32 Å². The number of carboxylic acids is 1. The number of carbonyl (C=O) groups is 3. The smallest absolute Gasteiger partial charge is 0.326 e. The third-order valence-corrected chi connectivity index (χ3v) is 3.96. The average molecular weight is 379 g/mol. The van der Waals surface area contributed by atoms with Gasteiger partial charge in [-0.25, -0.2) is 4.79 Å². The molecule has 2 N–H and O–H groups in total. The Bertz CT molecular complexity index is 563. The number of esters is 1. The van der Waals surface area contributed by atoms with Gasteiger partial charge in [0.2, 0.25) is 0 Å². The van der Waals surface area contributed by atoms with Crippen molar-refractivity contribution in [1.29, 1.82) is 0 Å². The zero-order valence-corrected chi connectivity index (χ0v) is 13.4. The summed E-state index contributed by atoms with van der Waals surface area (Å²) in [6, 6.07) is 3.54. The second-order valence-corrected chi connectivity index (χ2v) is 5.31. The van der Waals surface area contributed by atoms with Gasteiger partial charge in [-0.05, 0) is 34.5 Å². The van der Waals surface area contributed by atoms with E-state index >= 15 is 0 Å². The molecule has 6 nitrogen and oxygen atoms in total. The van der Waals surface area contributed by atoms with Crippen LogP contribution in [0.3, 0.4) is 0 Å². The van der Waals surface area contributed by atoms with E-state index in [1.807, 2.05) is 0 Å². The molecular formula is C13H13BrClNO5. The third kappa shape index (κ3) is 5.02. The number of hydrogen-bond donors (Lipinski definition) is 2. The van der Waals surface area contributed by atoms with Crippen molar-refractivity contribution in [2.24, 2.45) is 0 Å². The lowest BCUT2D eigenvalue weighted by atomic mass is 10.1. The van der Waals surface area contributed by atoms with Gasteiger partial charge < -0.3 is 15.2 Å². The molecule has 0 bridgehead atoms. The van der Waals surface area contributed by atoms with Gasteiger partial charge >= 0.3 is 11.9 Å². The standard InChI is InChI=1S/C13H13BrClNO5/c1-21-10(17)6-5-9(13(19)20)16-12(18)7-3-2-4-8(14)11(7)15/h2-4,9H,5-6H2,1H3,(H,16,18)(H,19,20)/t9-/m1/s1. The Labute approximate surface area is 134 Å². The van der Waals surface area contributed by atoms with Crippen LogP contribution in [-0.4, -0.2) is 36.1 Å². The summed E-state index contributed by atoms with van der Waals surface area (Å²) >= 11 is 9.15. The van der Waals surface area contributed by atoms with Gasteiger partial charge in [0.25, 0.3) is 5.91 Å². The van der Waals surface area contributed by atoms with Gasteiger partial charge in [0.15, 0.2) is 0 Å². The minimum Gasteiger partial charge on any atom is -0.480 e. The molecule has 1 aromatic carbocycles. The van der Waals surface area contributed by atoms with Crippen molar-refractivity contribution in [2.75, 3.05) is 7.11 Å². The van der Waals surface area contributed by atoms with Crippen LogP contribution in [0.5, 0.6) is 0 Å². The number of aliphatic carboxylic acids is 1. The highest BCUT2D eigenvalue weighted by atomic mass is 79.9. The monoisotopic (exact) mass is 377 g/mol. The first-order chi connectivity index (χ1) is 9.86. The maximum atomic E-state index is 12.1. The molecule has 1 rings (SSSR count). The fourth-order valence-electron chi connectivity index (χ4n) is 1.54. The number of ether oxygens (including phenoxy) is 1. The van der Waals surface area contributed by atoms with Crippen molar-refractivity contribution < 1.29 is 24.2 Å². The molecule has 0 aliphatic rings. The number of benzene rings is 1. The SMILES string of the molecule is COC(=O)CC[C@@H](NC(=O)c1cccc(Br)c1Cl)C(=O)O. The topological polar surface area (TPSA) is 92.7 Å². The number of halogens is 2. The number of carboxylic acid groups (broad SMARTS) is 1. The van der Waals surface area contributed by atoms with Gasteiger partial charge in [-0.2, -0.15) is 0 Å². The molecule has 0 aliphatic heterocycles. The summed E-state index contributed by atoms with van der Waals surface area (Å²) in [4.78, 5) is 34.2. The summed E-state index contributed by atoms with van der Waals surface area (Å²) in [7, 11) is 1.21. The highest BCUT2D eigenvalue weighted by molar-refractivity contribution is 9.10. The lowest BCUT2D eigenvalue weighted by molar-refractivity contribution is -0.142. The second-order valence-electron chi connectivity index (χ2n) is 4.08. The van der Waals surface area contributed by atoms with Gasteiger partial charge in [-0.1, -0.05) is 17.7 Å². The lowest BCUT2D eigenvalue weighted by Gasteiger charge is -2.14. The summed E-state index contributed by atoms with van der Waals surface area (Å²) in [5, 5.41) is 11.6. The Hall–Kier alpha value is -1.60. The molecule has 0 unspecified atom stereocenters. The molecule has 0 aromatic heterocycles. The molecule has 0 heterocycles. The number of hydrogen-bond acceptors (Lipinski definition) is 4. The highest BCUT2D eigenvalue weighted by Gasteiger charge is 2.23. The van der Waals surface area contributed by atoms with Crippen LogP contribution in [-0.2, 0) is 14.3 Å². The van der Waals surface area contributed by atoms with Crippen LogP contribution in [0, 0.1) is 0 Å². The average Bonchev–Trinajstić information content (AvgIpc) is 2.45. The van der Waals surface area contributed by atoms with E-state index in [-0.39, 0.29) is 23.4 Å². The molecule has 0 saturated heterocycles. The quantitative estimate of drug-likeness (QED) is 0.741. The van der Waals surface area contributed by atoms with E-state index in [1.54, 1.807) is 12.1 Å². The van der Waals surface area contributed by atoms with Gasteiger partial charge in [-0.15, -0.1) is 0 Å². The van der Waals surface area contributed by atoms with E-state index in [9.17, 15) is 14.4 Å². The maximum absolute atomic E-state index is 12.1. The highest BCUT2D eigenvalue weighted by Crippen LogP contribution is 2.26. The molecule has 21 heavy (non-hydrogen) atoms. The third-order valence-electron chi connectivity index (χ3n) is 2.66. The summed E-state index contributed by atoms with van der Waals surface area (Å²) in [5.41, 5.74) is 0.148. The van der Waals surface area contributed by atoms with Gasteiger partial charge in [0.1, 0.15) is 6.04 Å². The number of nitrogens with one attached hydrogen (secondary N) is 1. The number of rotatable bonds is 6. The molecule has 1 aromatic rings. The molecule has 0 radical (unpaired) electrons. The molecule has 0 saturated carbocycles. The zero-order valence-electron chi connectivity index (χ0n) is 11.1. The van der Waals surface area contributed by atoms with E-state index in [1.165, 1.54) is 13.2 Å². The van der Waals surface area contributed by atoms with Crippen molar-refractivity contribution in [3.63, 3.8) is 0 Å². The van der Waals surface area contributed by atoms with Crippen molar-refractivity contribution in [3.8, 4) is 0 Å². The van der Waals surface area contributed by atoms with Crippen molar-refractivity contribution in [3.05, 3.63) is 33.3 Å². The zero-order chi connectivity index (χ0) is 16.0. The predicted molar refractivity (Wildman–Crippen MR) is 79.3 cm³/mol. The van der Waals surface area contributed by atoms with E-state index in [0.717, 1.165) is 0 Å². The number of carbonyl (C=O) groups excluding carboxylic acids is 2. The Morgan fingerprint density at radius 2 is 2.10 bits per heavy atom. The summed E-state index contributed by atoms with van der Waals surface area (Å²) in [6.07, 6.45) is -0.181. The van der Waals surface area contributed by atoms with E-state index in [4.69, 9.17) is 16.7 Å². The molecular weight excluding hydrogens is 366 g/mol. The Morgan fingerprint density at radius 3 is 2.67 bits per heavy atom. The molecule has 0 fully saturated rings. The fourth-order valence-corrected chi connectivity index (χ4v) is 2.11. The largest absolute Gasteiger partial charge is 0.480 e. The Kier molecular flexibility index (Phi) is 6.64. The van der Waals surface area contributed by atoms with Crippen LogP contribution >= 0.6 is 27.5 Å². The van der Waals surface area contributed by atoms with Crippen LogP contribution in [0.1, 0.15) is 23.2 Å². The minimum atomic E-state index is -1.24. The Balaban J connectivity index is 2.79. The molecule has 1 amide bonds. The van der Waals surface area contributed by atoms with Gasteiger partial charge in [-0.3, -0.25) is 9.59 Å². The predicted octanol–water partition coefficient (Wildman–Crippen LogP) is 2.24. The van der Waals surface area contributed by atoms with Gasteiger partial charge in [0.05, 0.1) is 17.7 Å². The number of amides is 1. The molecule has 0 spiro atoms. The van der Waals surface area contributed by atoms with E-state index in [0.29, 0.717) is 4.47 Å². The molecule has 0 aliphatic carbocycles.